The summed E-state index contributed by atoms with van der Waals surface area (Å²) in [7, 11) is 0. The van der Waals surface area contributed by atoms with Crippen LogP contribution < -0.4 is 0 Å². The first-order valence-corrected chi connectivity index (χ1v) is 21.1. The molecule has 0 spiro atoms. The van der Waals surface area contributed by atoms with Crippen molar-refractivity contribution < 1.29 is 68.1 Å². The lowest BCUT2D eigenvalue weighted by atomic mass is 9.77. The van der Waals surface area contributed by atoms with Gasteiger partial charge in [0.05, 0.1) is 59.8 Å². The fourth-order valence-corrected chi connectivity index (χ4v) is 7.34. The van der Waals surface area contributed by atoms with Gasteiger partial charge in [-0.3, -0.25) is 0 Å². The number of carboxylic acid groups (broad SMARTS) is 4. The third-order valence-corrected chi connectivity index (χ3v) is 11.1. The van der Waals surface area contributed by atoms with E-state index in [-0.39, 0.29) is 61.5 Å². The molecule has 6 rings (SSSR count). The Hall–Kier alpha value is -7.94. The molecule has 2 unspecified atom stereocenters. The van der Waals surface area contributed by atoms with Gasteiger partial charge in [-0.1, -0.05) is 123 Å². The minimum absolute atomic E-state index is 0.0156. The molecule has 14 nitrogen and oxygen atoms in total. The van der Waals surface area contributed by atoms with Gasteiger partial charge in [-0.15, -0.1) is 0 Å². The van der Waals surface area contributed by atoms with Crippen molar-refractivity contribution in [1.82, 2.24) is 0 Å². The molecule has 344 valence electrons. The number of aromatic carboxylic acids is 4. The Balaban J connectivity index is 1.16. The number of carbonyl (C=O) groups excluding carboxylic acids is 2. The fraction of sp³-hybridized carbons (Fsp3) is 0.208. The van der Waals surface area contributed by atoms with E-state index in [1.54, 1.807) is 0 Å². The lowest BCUT2D eigenvalue weighted by molar-refractivity contribution is -0.00845. The van der Waals surface area contributed by atoms with Gasteiger partial charge < -0.3 is 39.4 Å². The Morgan fingerprint density at radius 1 is 0.433 bits per heavy atom. The van der Waals surface area contributed by atoms with Crippen molar-refractivity contribution in [3.05, 3.63) is 212 Å². The van der Waals surface area contributed by atoms with Gasteiger partial charge >= 0.3 is 35.8 Å². The molecular formula is C53H48O14. The number of hydrogen-bond donors (Lipinski definition) is 4. The average molecular weight is 909 g/mol. The molecule has 4 N–H and O–H groups in total. The summed E-state index contributed by atoms with van der Waals surface area (Å²) in [6.07, 6.45) is -1.24. The van der Waals surface area contributed by atoms with Crippen molar-refractivity contribution in [2.24, 2.45) is 0 Å². The Labute approximate surface area is 386 Å². The number of benzene rings is 6. The van der Waals surface area contributed by atoms with Crippen LogP contribution in [0.5, 0.6) is 0 Å². The normalized spacial score (nSPS) is 12.1. The maximum atomic E-state index is 13.4. The van der Waals surface area contributed by atoms with Crippen LogP contribution in [0.2, 0.25) is 0 Å². The van der Waals surface area contributed by atoms with Crippen molar-refractivity contribution in [2.45, 2.75) is 57.5 Å². The highest BCUT2D eigenvalue weighted by molar-refractivity contribution is 6.05. The highest BCUT2D eigenvalue weighted by Crippen LogP contribution is 2.32. The summed E-state index contributed by atoms with van der Waals surface area (Å²) in [6, 6.07) is 40.7. The van der Waals surface area contributed by atoms with Crippen molar-refractivity contribution in [1.29, 1.82) is 0 Å². The van der Waals surface area contributed by atoms with E-state index in [0.717, 1.165) is 69.8 Å². The molecule has 0 saturated carbocycles. The van der Waals surface area contributed by atoms with Crippen molar-refractivity contribution in [2.75, 3.05) is 13.2 Å². The van der Waals surface area contributed by atoms with Crippen LogP contribution in [0.3, 0.4) is 0 Å². The van der Waals surface area contributed by atoms with Crippen LogP contribution >= 0.6 is 0 Å². The van der Waals surface area contributed by atoms with Crippen LogP contribution in [0.1, 0.15) is 109 Å². The largest absolute Gasteiger partial charge is 0.478 e. The molecule has 6 aromatic rings. The van der Waals surface area contributed by atoms with Crippen LogP contribution in [-0.4, -0.2) is 81.7 Å². The van der Waals surface area contributed by atoms with E-state index in [1.165, 1.54) is 0 Å². The molecular weight excluding hydrogens is 861 g/mol. The van der Waals surface area contributed by atoms with Gasteiger partial charge in [0, 0.05) is 18.3 Å². The molecule has 0 saturated heterocycles. The van der Waals surface area contributed by atoms with Crippen LogP contribution in [0, 0.1) is 0 Å². The van der Waals surface area contributed by atoms with Gasteiger partial charge in [0.25, 0.3) is 0 Å². The van der Waals surface area contributed by atoms with E-state index in [9.17, 15) is 49.2 Å². The summed E-state index contributed by atoms with van der Waals surface area (Å²) < 4.78 is 23.6. The smallest absolute Gasteiger partial charge is 0.339 e. The Morgan fingerprint density at radius 2 is 0.791 bits per heavy atom. The molecule has 0 heterocycles. The van der Waals surface area contributed by atoms with E-state index in [0.29, 0.717) is 0 Å². The summed E-state index contributed by atoms with van der Waals surface area (Å²) in [4.78, 5) is 73.9. The zero-order chi connectivity index (χ0) is 48.1. The van der Waals surface area contributed by atoms with Crippen LogP contribution in [0.25, 0.3) is 0 Å². The first kappa shape index (κ1) is 48.5. The predicted molar refractivity (Wildman–Crippen MR) is 244 cm³/mol. The molecule has 0 fully saturated rings. The first-order chi connectivity index (χ1) is 32.1. The second kappa shape index (κ2) is 22.3. The summed E-state index contributed by atoms with van der Waals surface area (Å²) in [5.41, 5.74) is 2.69. The Bertz CT molecular complexity index is 2520. The third-order valence-electron chi connectivity index (χ3n) is 11.1. The van der Waals surface area contributed by atoms with Gasteiger partial charge in [-0.05, 0) is 69.8 Å². The van der Waals surface area contributed by atoms with Crippen molar-refractivity contribution in [3.8, 4) is 0 Å². The number of hydrogen-bond acceptors (Lipinski definition) is 10. The monoisotopic (exact) mass is 908 g/mol. The maximum Gasteiger partial charge on any atom is 0.339 e. The molecule has 67 heavy (non-hydrogen) atoms. The topological polar surface area (TPSA) is 220 Å². The van der Waals surface area contributed by atoms with E-state index in [1.807, 2.05) is 109 Å². The van der Waals surface area contributed by atoms with E-state index >= 15 is 0 Å². The highest BCUT2D eigenvalue weighted by Gasteiger charge is 2.27. The molecule has 0 amide bonds. The lowest BCUT2D eigenvalue weighted by Crippen LogP contribution is -2.27. The molecule has 0 aliphatic carbocycles. The summed E-state index contributed by atoms with van der Waals surface area (Å²) in [6.45, 7) is 4.57. The first-order valence-electron chi connectivity index (χ1n) is 21.1. The fourth-order valence-electron chi connectivity index (χ4n) is 7.34. The molecule has 0 aromatic heterocycles. The summed E-state index contributed by atoms with van der Waals surface area (Å²) in [5.74, 6) is -7.51. The third kappa shape index (κ3) is 13.1. The van der Waals surface area contributed by atoms with Gasteiger partial charge in [0.15, 0.2) is 0 Å². The number of carboxylic acids is 4. The molecule has 0 aliphatic heterocycles. The van der Waals surface area contributed by atoms with E-state index < -0.39 is 64.6 Å². The molecule has 0 radical (unpaired) electrons. The SMILES string of the molecule is CC(C)(c1ccc(CC(COCc2ccccc2)OC(=O)c2ccc(C(=O)O)cc2C(=O)O)cc1)c1ccc(CC(COCc2ccccc2)OC(=O)c2ccc(C(=O)O)cc2C(=O)O)cc1. The number of carbonyl (C=O) groups is 6. The lowest BCUT2D eigenvalue weighted by Gasteiger charge is -2.27. The second-order valence-corrected chi connectivity index (χ2v) is 16.2. The summed E-state index contributed by atoms with van der Waals surface area (Å²) in [5, 5.41) is 38.3. The van der Waals surface area contributed by atoms with E-state index in [2.05, 4.69) is 13.8 Å². The van der Waals surface area contributed by atoms with E-state index in [4.69, 9.17) is 18.9 Å². The van der Waals surface area contributed by atoms with Crippen molar-refractivity contribution >= 4 is 35.8 Å². The Morgan fingerprint density at radius 3 is 1.12 bits per heavy atom. The molecule has 6 aromatic carbocycles. The number of ether oxygens (including phenoxy) is 4. The van der Waals surface area contributed by atoms with Crippen LogP contribution in [0.4, 0.5) is 0 Å². The standard InChI is InChI=1S/C53H48O14/c1-53(2,39-19-13-33(14-20-39)25-41(31-64-29-35-9-5-3-6-10-35)66-51(62)43-23-17-37(47(54)55)27-45(43)49(58)59)40-21-15-34(16-22-40)26-42(32-65-30-36-11-7-4-8-12-36)67-52(63)44-24-18-38(48(56)57)28-46(44)50(60)61/h3-24,27-28,41-42H,25-26,29-32H2,1-2H3,(H,54,55)(H,56,57)(H,58,59)(H,60,61). The predicted octanol–water partition coefficient (Wildman–Crippen LogP) is 8.78. The molecule has 2 atom stereocenters. The molecule has 14 heteroatoms. The number of esters is 2. The van der Waals surface area contributed by atoms with Crippen molar-refractivity contribution in [3.63, 3.8) is 0 Å². The van der Waals surface area contributed by atoms with Gasteiger partial charge in [-0.25, -0.2) is 28.8 Å². The minimum atomic E-state index is -1.48. The zero-order valence-electron chi connectivity index (χ0n) is 36.6. The van der Waals surface area contributed by atoms with Gasteiger partial charge in [-0.2, -0.15) is 0 Å². The highest BCUT2D eigenvalue weighted by atomic mass is 16.6. The average Bonchev–Trinajstić information content (AvgIpc) is 3.32. The quantitative estimate of drug-likeness (QED) is 0.0468. The van der Waals surface area contributed by atoms with Crippen LogP contribution in [0.15, 0.2) is 146 Å². The molecule has 0 bridgehead atoms. The van der Waals surface area contributed by atoms with Crippen LogP contribution in [-0.2, 0) is 50.4 Å². The summed E-state index contributed by atoms with van der Waals surface area (Å²) >= 11 is 0. The van der Waals surface area contributed by atoms with Gasteiger partial charge in [0.1, 0.15) is 12.2 Å². The molecule has 0 aliphatic rings. The Kier molecular flexibility index (Phi) is 16.2. The number of rotatable bonds is 22. The van der Waals surface area contributed by atoms with Gasteiger partial charge in [0.2, 0.25) is 0 Å². The minimum Gasteiger partial charge on any atom is -0.478 e. The maximum absolute atomic E-state index is 13.4. The zero-order valence-corrected chi connectivity index (χ0v) is 36.6. The second-order valence-electron chi connectivity index (χ2n) is 16.2.